The maximum atomic E-state index is 12.9. The van der Waals surface area contributed by atoms with Gasteiger partial charge in [-0.3, -0.25) is 4.79 Å². The molecule has 0 aliphatic rings. The highest BCUT2D eigenvalue weighted by Crippen LogP contribution is 2.31. The van der Waals surface area contributed by atoms with Gasteiger partial charge in [-0.15, -0.1) is 10.2 Å². The molecule has 0 saturated heterocycles. The highest BCUT2D eigenvalue weighted by molar-refractivity contribution is 8.00. The first-order valence-electron chi connectivity index (χ1n) is 9.65. The summed E-state index contributed by atoms with van der Waals surface area (Å²) in [5.74, 6) is -0.0711. The van der Waals surface area contributed by atoms with E-state index in [2.05, 4.69) is 15.5 Å². The number of amides is 1. The standard InChI is InChI=1S/C24H20FN3OS/c25-19-12-10-17(11-13-19)14-15-26-22(29)16-30-24-21-9-5-4-8-20(21)23(27-28-24)18-6-2-1-3-7-18/h1-13H,14-16H2,(H,26,29). The van der Waals surface area contributed by atoms with Gasteiger partial charge < -0.3 is 5.32 Å². The number of thioether (sulfide) groups is 1. The van der Waals surface area contributed by atoms with E-state index in [1.807, 2.05) is 54.6 Å². The van der Waals surface area contributed by atoms with Crippen molar-refractivity contribution in [1.29, 1.82) is 0 Å². The van der Waals surface area contributed by atoms with Crippen LogP contribution in [0.25, 0.3) is 22.0 Å². The molecular weight excluding hydrogens is 397 g/mol. The second-order valence-electron chi connectivity index (χ2n) is 6.78. The Labute approximate surface area is 178 Å². The van der Waals surface area contributed by atoms with E-state index in [1.165, 1.54) is 23.9 Å². The molecule has 0 bridgehead atoms. The van der Waals surface area contributed by atoms with Crippen molar-refractivity contribution in [2.45, 2.75) is 11.4 Å². The van der Waals surface area contributed by atoms with Gasteiger partial charge in [-0.25, -0.2) is 4.39 Å². The number of halogens is 1. The number of rotatable bonds is 7. The van der Waals surface area contributed by atoms with Gasteiger partial charge in [0, 0.05) is 22.9 Å². The van der Waals surface area contributed by atoms with Crippen molar-refractivity contribution < 1.29 is 9.18 Å². The van der Waals surface area contributed by atoms with Gasteiger partial charge in [0.2, 0.25) is 5.91 Å². The second kappa shape index (κ2) is 9.50. The van der Waals surface area contributed by atoms with Crippen molar-refractivity contribution >= 4 is 28.4 Å². The third kappa shape index (κ3) is 4.83. The van der Waals surface area contributed by atoms with Crippen molar-refractivity contribution in [1.82, 2.24) is 15.5 Å². The fourth-order valence-electron chi connectivity index (χ4n) is 3.18. The fraction of sp³-hybridized carbons (Fsp3) is 0.125. The third-order valence-corrected chi connectivity index (χ3v) is 5.67. The Morgan fingerprint density at radius 3 is 2.33 bits per heavy atom. The molecule has 0 saturated carbocycles. The summed E-state index contributed by atoms with van der Waals surface area (Å²) in [5, 5.41) is 14.4. The molecule has 0 aliphatic heterocycles. The zero-order chi connectivity index (χ0) is 20.8. The van der Waals surface area contributed by atoms with Crippen LogP contribution in [-0.2, 0) is 11.2 Å². The van der Waals surface area contributed by atoms with Crippen LogP contribution in [0.5, 0.6) is 0 Å². The SMILES string of the molecule is O=C(CSc1nnc(-c2ccccc2)c2ccccc12)NCCc1ccc(F)cc1. The lowest BCUT2D eigenvalue weighted by atomic mass is 10.1. The molecule has 1 heterocycles. The molecule has 1 amide bonds. The number of carbonyl (C=O) groups excluding carboxylic acids is 1. The van der Waals surface area contributed by atoms with E-state index < -0.39 is 0 Å². The molecule has 0 fully saturated rings. The molecule has 0 radical (unpaired) electrons. The summed E-state index contributed by atoms with van der Waals surface area (Å²) < 4.78 is 12.9. The summed E-state index contributed by atoms with van der Waals surface area (Å²) in [7, 11) is 0. The number of nitrogens with one attached hydrogen (secondary N) is 1. The lowest BCUT2D eigenvalue weighted by Crippen LogP contribution is -2.27. The summed E-state index contributed by atoms with van der Waals surface area (Å²) in [6, 6.07) is 24.2. The topological polar surface area (TPSA) is 54.9 Å². The number of aromatic nitrogens is 2. The number of nitrogens with zero attached hydrogens (tertiary/aromatic N) is 2. The second-order valence-corrected chi connectivity index (χ2v) is 7.74. The molecule has 6 heteroatoms. The van der Waals surface area contributed by atoms with Crippen LogP contribution >= 0.6 is 11.8 Å². The minimum Gasteiger partial charge on any atom is -0.355 e. The van der Waals surface area contributed by atoms with Gasteiger partial charge in [0.25, 0.3) is 0 Å². The van der Waals surface area contributed by atoms with E-state index in [0.29, 0.717) is 13.0 Å². The first-order valence-corrected chi connectivity index (χ1v) is 10.6. The van der Waals surface area contributed by atoms with Crippen LogP contribution in [0.3, 0.4) is 0 Å². The van der Waals surface area contributed by atoms with Crippen molar-refractivity contribution in [2.75, 3.05) is 12.3 Å². The molecule has 30 heavy (non-hydrogen) atoms. The molecule has 0 aliphatic carbocycles. The minimum atomic E-state index is -0.259. The Balaban J connectivity index is 1.40. The molecular formula is C24H20FN3OS. The molecule has 0 spiro atoms. The number of fused-ring (bicyclic) bond motifs is 1. The normalized spacial score (nSPS) is 10.8. The van der Waals surface area contributed by atoms with Crippen LogP contribution in [0.1, 0.15) is 5.56 Å². The van der Waals surface area contributed by atoms with E-state index in [1.54, 1.807) is 12.1 Å². The summed E-state index contributed by atoms with van der Waals surface area (Å²) in [5.41, 5.74) is 2.83. The van der Waals surface area contributed by atoms with E-state index in [0.717, 1.165) is 32.6 Å². The first kappa shape index (κ1) is 20.0. The van der Waals surface area contributed by atoms with Gasteiger partial charge in [0.15, 0.2) is 0 Å². The van der Waals surface area contributed by atoms with Crippen LogP contribution in [0.4, 0.5) is 4.39 Å². The van der Waals surface area contributed by atoms with E-state index in [-0.39, 0.29) is 17.5 Å². The van der Waals surface area contributed by atoms with Crippen LogP contribution < -0.4 is 5.32 Å². The average Bonchev–Trinajstić information content (AvgIpc) is 2.79. The molecule has 0 unspecified atom stereocenters. The van der Waals surface area contributed by atoms with Gasteiger partial charge in [0.05, 0.1) is 5.75 Å². The Kier molecular flexibility index (Phi) is 6.35. The Morgan fingerprint density at radius 2 is 1.57 bits per heavy atom. The van der Waals surface area contributed by atoms with E-state index in [9.17, 15) is 9.18 Å². The van der Waals surface area contributed by atoms with Gasteiger partial charge in [-0.2, -0.15) is 0 Å². The van der Waals surface area contributed by atoms with Crippen LogP contribution in [-0.4, -0.2) is 28.4 Å². The predicted octanol–water partition coefficient (Wildman–Crippen LogP) is 4.89. The van der Waals surface area contributed by atoms with Crippen molar-refractivity contribution in [3.63, 3.8) is 0 Å². The molecule has 0 atom stereocenters. The number of hydrogen-bond acceptors (Lipinski definition) is 4. The van der Waals surface area contributed by atoms with Crippen LogP contribution in [0.15, 0.2) is 83.9 Å². The van der Waals surface area contributed by atoms with Crippen molar-refractivity contribution in [2.24, 2.45) is 0 Å². The lowest BCUT2D eigenvalue weighted by molar-refractivity contribution is -0.118. The fourth-order valence-corrected chi connectivity index (χ4v) is 3.98. The van der Waals surface area contributed by atoms with Gasteiger partial charge in [0.1, 0.15) is 16.5 Å². The summed E-state index contributed by atoms with van der Waals surface area (Å²) in [4.78, 5) is 12.2. The maximum Gasteiger partial charge on any atom is 0.230 e. The third-order valence-electron chi connectivity index (χ3n) is 4.69. The molecule has 4 nitrogen and oxygen atoms in total. The summed E-state index contributed by atoms with van der Waals surface area (Å²) in [6.07, 6.45) is 0.658. The first-order chi connectivity index (χ1) is 14.7. The smallest absolute Gasteiger partial charge is 0.230 e. The van der Waals surface area contributed by atoms with E-state index >= 15 is 0 Å². The minimum absolute atomic E-state index is 0.0693. The zero-order valence-corrected chi connectivity index (χ0v) is 17.0. The number of carbonyl (C=O) groups is 1. The predicted molar refractivity (Wildman–Crippen MR) is 119 cm³/mol. The van der Waals surface area contributed by atoms with Gasteiger partial charge >= 0.3 is 0 Å². The zero-order valence-electron chi connectivity index (χ0n) is 16.2. The Morgan fingerprint density at radius 1 is 0.867 bits per heavy atom. The monoisotopic (exact) mass is 417 g/mol. The molecule has 1 N–H and O–H groups in total. The largest absolute Gasteiger partial charge is 0.355 e. The van der Waals surface area contributed by atoms with Crippen LogP contribution in [0.2, 0.25) is 0 Å². The highest BCUT2D eigenvalue weighted by atomic mass is 32.2. The summed E-state index contributed by atoms with van der Waals surface area (Å²) in [6.45, 7) is 0.504. The number of hydrogen-bond donors (Lipinski definition) is 1. The number of benzene rings is 3. The lowest BCUT2D eigenvalue weighted by Gasteiger charge is -2.09. The van der Waals surface area contributed by atoms with Gasteiger partial charge in [-0.1, -0.05) is 78.5 Å². The molecule has 1 aromatic heterocycles. The quantitative estimate of drug-likeness (QED) is 0.435. The molecule has 4 aromatic rings. The summed E-state index contributed by atoms with van der Waals surface area (Å²) >= 11 is 1.37. The van der Waals surface area contributed by atoms with Crippen molar-refractivity contribution in [3.05, 3.63) is 90.2 Å². The molecule has 4 rings (SSSR count). The molecule has 3 aromatic carbocycles. The molecule has 150 valence electrons. The average molecular weight is 418 g/mol. The van der Waals surface area contributed by atoms with E-state index in [4.69, 9.17) is 0 Å². The van der Waals surface area contributed by atoms with Crippen molar-refractivity contribution in [3.8, 4) is 11.3 Å². The Bertz CT molecular complexity index is 1150. The Hall–Kier alpha value is -3.25. The van der Waals surface area contributed by atoms with Crippen LogP contribution in [0, 0.1) is 5.82 Å². The highest BCUT2D eigenvalue weighted by Gasteiger charge is 2.12. The van der Waals surface area contributed by atoms with Gasteiger partial charge in [-0.05, 0) is 24.1 Å². The maximum absolute atomic E-state index is 12.9.